The Hall–Kier alpha value is -2.58. The smallest absolute Gasteiger partial charge is 0.166 e. The number of hydrogen-bond acceptors (Lipinski definition) is 6. The zero-order valence-electron chi connectivity index (χ0n) is 15.8. The number of nitrogens with one attached hydrogen (secondary N) is 2. The van der Waals surface area contributed by atoms with Gasteiger partial charge in [0.25, 0.3) is 0 Å². The molecule has 4 rings (SSSR count). The summed E-state index contributed by atoms with van der Waals surface area (Å²) in [5, 5.41) is 9.05. The highest BCUT2D eigenvalue weighted by atomic mass is 35.5. The zero-order valence-corrected chi connectivity index (χ0v) is 16.6. The quantitative estimate of drug-likeness (QED) is 0.293. The number of hydrazone groups is 1. The van der Waals surface area contributed by atoms with Crippen LogP contribution in [0.4, 0.5) is 0 Å². The number of amidine groups is 1. The van der Waals surface area contributed by atoms with Gasteiger partial charge in [-0.25, -0.2) is 10.5 Å². The Balaban J connectivity index is 1.87. The second kappa shape index (κ2) is 7.81. The zero-order chi connectivity index (χ0) is 19.7. The summed E-state index contributed by atoms with van der Waals surface area (Å²) in [5.74, 6) is 1.23. The largest absolute Gasteiger partial charge is 0.378 e. The van der Waals surface area contributed by atoms with Crippen LogP contribution in [0.5, 0.6) is 0 Å². The van der Waals surface area contributed by atoms with E-state index in [2.05, 4.69) is 32.1 Å². The van der Waals surface area contributed by atoms with Crippen molar-refractivity contribution in [3.8, 4) is 0 Å². The molecule has 1 saturated heterocycles. The first-order valence-electron chi connectivity index (χ1n) is 9.28. The number of aromatic nitrogens is 3. The van der Waals surface area contributed by atoms with Gasteiger partial charge >= 0.3 is 0 Å². The Morgan fingerprint density at radius 1 is 1.43 bits per heavy atom. The lowest BCUT2D eigenvalue weighted by Crippen LogP contribution is -2.27. The average Bonchev–Trinajstić information content (AvgIpc) is 3.06. The van der Waals surface area contributed by atoms with Crippen LogP contribution in [-0.4, -0.2) is 33.1 Å². The molecule has 3 heterocycles. The first-order chi connectivity index (χ1) is 13.6. The van der Waals surface area contributed by atoms with E-state index in [-0.39, 0.29) is 12.1 Å². The highest BCUT2D eigenvalue weighted by Gasteiger charge is 2.26. The molecule has 3 aromatic rings. The molecule has 9 heteroatoms. The Labute approximate surface area is 167 Å². The van der Waals surface area contributed by atoms with Crippen molar-refractivity contribution in [3.05, 3.63) is 35.2 Å². The fourth-order valence-corrected chi connectivity index (χ4v) is 3.95. The third-order valence-corrected chi connectivity index (χ3v) is 5.25. The molecule has 8 nitrogen and oxygen atoms in total. The summed E-state index contributed by atoms with van der Waals surface area (Å²) < 4.78 is 8.04. The predicted octanol–water partition coefficient (Wildman–Crippen LogP) is 4.43. The summed E-state index contributed by atoms with van der Waals surface area (Å²) in [7, 11) is 0. The molecule has 0 bridgehead atoms. The minimum Gasteiger partial charge on any atom is -0.378 e. The molecule has 1 fully saturated rings. The number of benzene rings is 1. The summed E-state index contributed by atoms with van der Waals surface area (Å²) >= 11 is 6.29. The maximum absolute atomic E-state index is 7.01. The maximum Gasteiger partial charge on any atom is 0.166 e. The molecule has 0 aliphatic carbocycles. The van der Waals surface area contributed by atoms with Gasteiger partial charge in [-0.15, -0.1) is 5.11 Å². The van der Waals surface area contributed by atoms with Gasteiger partial charge in [0, 0.05) is 23.1 Å². The molecular formula is C19H22ClN7O. The second-order valence-electron chi connectivity index (χ2n) is 7.02. The number of rotatable bonds is 4. The number of imidazole rings is 1. The lowest BCUT2D eigenvalue weighted by atomic mass is 10.0. The molecule has 0 saturated carbocycles. The molecule has 0 radical (unpaired) electrons. The number of halogens is 1. The second-order valence-corrected chi connectivity index (χ2v) is 7.45. The minimum atomic E-state index is 0.191. The van der Waals surface area contributed by atoms with Gasteiger partial charge in [-0.2, -0.15) is 5.10 Å². The van der Waals surface area contributed by atoms with Crippen molar-refractivity contribution >= 4 is 39.4 Å². The van der Waals surface area contributed by atoms with Crippen LogP contribution in [0.3, 0.4) is 0 Å². The summed E-state index contributed by atoms with van der Waals surface area (Å²) in [6, 6.07) is 6.00. The Morgan fingerprint density at radius 2 is 2.29 bits per heavy atom. The molecule has 0 amide bonds. The van der Waals surface area contributed by atoms with Crippen LogP contribution in [0.2, 0.25) is 5.02 Å². The van der Waals surface area contributed by atoms with Crippen LogP contribution in [-0.2, 0) is 11.3 Å². The van der Waals surface area contributed by atoms with Crippen molar-refractivity contribution in [3.63, 3.8) is 0 Å². The van der Waals surface area contributed by atoms with Gasteiger partial charge in [-0.3, -0.25) is 4.98 Å². The van der Waals surface area contributed by atoms with Gasteiger partial charge in [0.1, 0.15) is 11.3 Å². The molecule has 2 N–H and O–H groups in total. The molecular weight excluding hydrogens is 378 g/mol. The normalized spacial score (nSPS) is 20.6. The van der Waals surface area contributed by atoms with E-state index in [0.717, 1.165) is 47.2 Å². The lowest BCUT2D eigenvalue weighted by Gasteiger charge is -2.30. The number of ether oxygens (including phenoxy) is 1. The Morgan fingerprint density at radius 3 is 3.07 bits per heavy atom. The van der Waals surface area contributed by atoms with Crippen LogP contribution in [0, 0.1) is 5.53 Å². The summed E-state index contributed by atoms with van der Waals surface area (Å²) in [4.78, 5) is 9.36. The Bertz CT molecular complexity index is 1060. The van der Waals surface area contributed by atoms with Gasteiger partial charge in [0.2, 0.25) is 0 Å². The molecule has 0 spiro atoms. The fraction of sp³-hybridized carbons (Fsp3) is 0.421. The predicted molar refractivity (Wildman–Crippen MR) is 109 cm³/mol. The van der Waals surface area contributed by atoms with Crippen LogP contribution in [0.15, 0.2) is 34.6 Å². The number of hydrogen-bond donors (Lipinski definition) is 2. The Kier molecular flexibility index (Phi) is 5.23. The molecule has 1 unspecified atom stereocenters. The van der Waals surface area contributed by atoms with Crippen molar-refractivity contribution in [1.29, 1.82) is 5.53 Å². The number of fused-ring (bicyclic) bond motifs is 3. The summed E-state index contributed by atoms with van der Waals surface area (Å²) in [5.41, 5.74) is 12.7. The molecule has 28 heavy (non-hydrogen) atoms. The lowest BCUT2D eigenvalue weighted by molar-refractivity contribution is 0.00621. The monoisotopic (exact) mass is 399 g/mol. The first kappa shape index (κ1) is 18.8. The van der Waals surface area contributed by atoms with E-state index in [1.165, 1.54) is 0 Å². The van der Waals surface area contributed by atoms with Crippen LogP contribution in [0.1, 0.15) is 38.6 Å². The van der Waals surface area contributed by atoms with Crippen LogP contribution >= 0.6 is 11.6 Å². The van der Waals surface area contributed by atoms with E-state index in [1.54, 1.807) is 6.92 Å². The van der Waals surface area contributed by atoms with Gasteiger partial charge in [0.05, 0.1) is 29.9 Å². The van der Waals surface area contributed by atoms with E-state index < -0.39 is 0 Å². The minimum absolute atomic E-state index is 0.191. The average molecular weight is 400 g/mol. The highest BCUT2D eigenvalue weighted by molar-refractivity contribution is 6.31. The fourth-order valence-electron chi connectivity index (χ4n) is 3.77. The van der Waals surface area contributed by atoms with Crippen molar-refractivity contribution < 1.29 is 4.74 Å². The van der Waals surface area contributed by atoms with Gasteiger partial charge < -0.3 is 14.7 Å². The van der Waals surface area contributed by atoms with E-state index in [9.17, 15) is 0 Å². The third-order valence-electron chi connectivity index (χ3n) is 5.01. The maximum atomic E-state index is 7.01. The first-order valence-corrected chi connectivity index (χ1v) is 9.66. The molecule has 1 aromatic carbocycles. The molecule has 2 aromatic heterocycles. The van der Waals surface area contributed by atoms with E-state index in [4.69, 9.17) is 26.9 Å². The summed E-state index contributed by atoms with van der Waals surface area (Å²) in [6.07, 6.45) is 3.82. The van der Waals surface area contributed by atoms with Crippen molar-refractivity contribution in [2.45, 2.75) is 45.4 Å². The number of pyridine rings is 1. The molecule has 1 aliphatic rings. The topological polar surface area (TPSA) is 101 Å². The molecule has 2 atom stereocenters. The number of nitrogens with zero attached hydrogens (tertiary/aromatic N) is 5. The van der Waals surface area contributed by atoms with Crippen molar-refractivity contribution in [2.75, 3.05) is 6.61 Å². The van der Waals surface area contributed by atoms with Gasteiger partial charge in [-0.1, -0.05) is 11.6 Å². The van der Waals surface area contributed by atoms with Crippen molar-refractivity contribution in [1.82, 2.24) is 20.0 Å². The van der Waals surface area contributed by atoms with Crippen LogP contribution < -0.4 is 5.43 Å². The summed E-state index contributed by atoms with van der Waals surface area (Å²) in [6.45, 7) is 4.91. The van der Waals surface area contributed by atoms with Gasteiger partial charge in [-0.05, 0) is 44.9 Å². The van der Waals surface area contributed by atoms with Gasteiger partial charge in [0.15, 0.2) is 5.84 Å². The SMILES string of the molecule is C/C(N=N)=N/NCc1nc2cnc3ccc(Cl)cc3c2n1C1CCO[C@H](C)C1. The standard InChI is InChI=1S/C19H22ClN7O/c1-11-7-14(5-6-28-11)27-18(10-23-26-12(2)25-21)24-17-9-22-16-4-3-13(20)8-15(16)19(17)27/h3-4,8-9,11,14,21,23H,5-7,10H2,1-2H3/b25-21?,26-12-/t11-,14?/m1/s1. The third kappa shape index (κ3) is 3.57. The van der Waals surface area contributed by atoms with E-state index in [1.807, 2.05) is 24.4 Å². The van der Waals surface area contributed by atoms with Crippen LogP contribution in [0.25, 0.3) is 21.9 Å². The van der Waals surface area contributed by atoms with Crippen molar-refractivity contribution in [2.24, 2.45) is 10.2 Å². The highest BCUT2D eigenvalue weighted by Crippen LogP contribution is 2.34. The van der Waals surface area contributed by atoms with E-state index in [0.29, 0.717) is 17.4 Å². The molecule has 146 valence electrons. The molecule has 1 aliphatic heterocycles. The van der Waals surface area contributed by atoms with E-state index >= 15 is 0 Å².